The van der Waals surface area contributed by atoms with Gasteiger partial charge in [0.1, 0.15) is 12.4 Å². The average molecular weight is 449 g/mol. The summed E-state index contributed by atoms with van der Waals surface area (Å²) in [5.41, 5.74) is 2.67. The van der Waals surface area contributed by atoms with Gasteiger partial charge in [-0.3, -0.25) is 19.1 Å². The van der Waals surface area contributed by atoms with E-state index < -0.39 is 0 Å². The van der Waals surface area contributed by atoms with E-state index in [2.05, 4.69) is 17.1 Å². The number of fused-ring (bicyclic) bond motifs is 1. The summed E-state index contributed by atoms with van der Waals surface area (Å²) in [5, 5.41) is 2.85. The molecule has 0 spiro atoms. The van der Waals surface area contributed by atoms with Crippen molar-refractivity contribution < 1.29 is 14.3 Å². The number of benzene rings is 2. The molecule has 1 aliphatic rings. The lowest BCUT2D eigenvalue weighted by Crippen LogP contribution is -2.39. The van der Waals surface area contributed by atoms with Crippen LogP contribution in [0.2, 0.25) is 0 Å². The minimum atomic E-state index is -0.327. The number of anilines is 1. The van der Waals surface area contributed by atoms with E-state index in [-0.39, 0.29) is 18.0 Å². The number of methoxy groups -OCH3 is 2. The smallest absolute Gasteiger partial charge is 0.259 e. The monoisotopic (exact) mass is 448 g/mol. The quantitative estimate of drug-likeness (QED) is 0.598. The molecule has 3 aromatic rings. The van der Waals surface area contributed by atoms with Crippen molar-refractivity contribution in [3.63, 3.8) is 0 Å². The summed E-state index contributed by atoms with van der Waals surface area (Å²) < 4.78 is 12.0. The van der Waals surface area contributed by atoms with Crippen molar-refractivity contribution in [1.82, 2.24) is 14.5 Å². The van der Waals surface area contributed by atoms with Crippen LogP contribution < -0.4 is 20.3 Å². The standard InChI is InChI=1S/C25H28N4O4/c1-4-28-13-12-20-19(15-28)25(31)29(24(27-20)17-8-6-5-7-9-17)16-23(30)26-18-10-11-21(32-2)22(14-18)33-3/h5-11,14H,4,12-13,15-16H2,1-3H3,(H,26,30). The first-order chi connectivity index (χ1) is 16.0. The van der Waals surface area contributed by atoms with Crippen LogP contribution in [0, 0.1) is 0 Å². The summed E-state index contributed by atoms with van der Waals surface area (Å²) in [4.78, 5) is 33.6. The predicted octanol–water partition coefficient (Wildman–Crippen LogP) is 2.94. The fourth-order valence-electron chi connectivity index (χ4n) is 4.05. The highest BCUT2D eigenvalue weighted by Crippen LogP contribution is 2.29. The molecule has 0 atom stereocenters. The maximum Gasteiger partial charge on any atom is 0.259 e. The van der Waals surface area contributed by atoms with Crippen molar-refractivity contribution in [3.05, 3.63) is 70.1 Å². The number of ether oxygens (including phenoxy) is 2. The fraction of sp³-hybridized carbons (Fsp3) is 0.320. The van der Waals surface area contributed by atoms with Gasteiger partial charge in [-0.05, 0) is 18.7 Å². The van der Waals surface area contributed by atoms with Crippen LogP contribution in [0.5, 0.6) is 11.5 Å². The highest BCUT2D eigenvalue weighted by molar-refractivity contribution is 5.91. The number of aromatic nitrogens is 2. The molecule has 0 saturated heterocycles. The molecule has 1 aliphatic heterocycles. The second kappa shape index (κ2) is 9.87. The van der Waals surface area contributed by atoms with Crippen molar-refractivity contribution in [3.8, 4) is 22.9 Å². The summed E-state index contributed by atoms with van der Waals surface area (Å²) in [5.74, 6) is 1.25. The van der Waals surface area contributed by atoms with Gasteiger partial charge in [0.05, 0.1) is 25.5 Å². The van der Waals surface area contributed by atoms with Crippen LogP contribution in [0.15, 0.2) is 53.3 Å². The maximum absolute atomic E-state index is 13.5. The highest BCUT2D eigenvalue weighted by atomic mass is 16.5. The summed E-state index contributed by atoms with van der Waals surface area (Å²) in [7, 11) is 3.09. The fourth-order valence-corrected chi connectivity index (χ4v) is 4.05. The molecule has 1 amide bonds. The van der Waals surface area contributed by atoms with Crippen LogP contribution >= 0.6 is 0 Å². The number of rotatable bonds is 7. The number of likely N-dealkylation sites (N-methyl/N-ethyl adjacent to an activating group) is 1. The molecular weight excluding hydrogens is 420 g/mol. The highest BCUT2D eigenvalue weighted by Gasteiger charge is 2.24. The number of nitrogens with one attached hydrogen (secondary N) is 1. The summed E-state index contributed by atoms with van der Waals surface area (Å²) in [6, 6.07) is 14.6. The SMILES string of the molecule is CCN1CCc2nc(-c3ccccc3)n(CC(=O)Nc3ccc(OC)c(OC)c3)c(=O)c2C1. The molecule has 0 unspecified atom stereocenters. The molecule has 1 N–H and O–H groups in total. The van der Waals surface area contributed by atoms with E-state index in [4.69, 9.17) is 14.5 Å². The zero-order valence-corrected chi connectivity index (χ0v) is 19.1. The molecule has 8 heteroatoms. The van der Waals surface area contributed by atoms with E-state index in [0.717, 1.165) is 30.8 Å². The van der Waals surface area contributed by atoms with Gasteiger partial charge in [0.15, 0.2) is 11.5 Å². The molecular formula is C25H28N4O4. The molecule has 0 radical (unpaired) electrons. The summed E-state index contributed by atoms with van der Waals surface area (Å²) in [6.45, 7) is 4.20. The topological polar surface area (TPSA) is 85.7 Å². The zero-order chi connectivity index (χ0) is 23.4. The molecule has 33 heavy (non-hydrogen) atoms. The van der Waals surface area contributed by atoms with Gasteiger partial charge in [-0.2, -0.15) is 0 Å². The average Bonchev–Trinajstić information content (AvgIpc) is 2.85. The van der Waals surface area contributed by atoms with Gasteiger partial charge in [0.25, 0.3) is 5.56 Å². The van der Waals surface area contributed by atoms with Gasteiger partial charge in [-0.15, -0.1) is 0 Å². The van der Waals surface area contributed by atoms with Crippen molar-refractivity contribution >= 4 is 11.6 Å². The Hall–Kier alpha value is -3.65. The van der Waals surface area contributed by atoms with E-state index in [0.29, 0.717) is 35.1 Å². The molecule has 2 aromatic carbocycles. The van der Waals surface area contributed by atoms with E-state index in [1.165, 1.54) is 11.7 Å². The van der Waals surface area contributed by atoms with E-state index in [1.807, 2.05) is 30.3 Å². The molecule has 0 bridgehead atoms. The Kier molecular flexibility index (Phi) is 6.74. The summed E-state index contributed by atoms with van der Waals surface area (Å²) in [6.07, 6.45) is 0.719. The third kappa shape index (κ3) is 4.75. The predicted molar refractivity (Wildman–Crippen MR) is 127 cm³/mol. The largest absolute Gasteiger partial charge is 0.493 e. The molecule has 0 saturated carbocycles. The maximum atomic E-state index is 13.5. The lowest BCUT2D eigenvalue weighted by atomic mass is 10.1. The number of carbonyl (C=O) groups is 1. The Morgan fingerprint density at radius 1 is 1.09 bits per heavy atom. The van der Waals surface area contributed by atoms with E-state index >= 15 is 0 Å². The van der Waals surface area contributed by atoms with Gasteiger partial charge >= 0.3 is 0 Å². The first-order valence-electron chi connectivity index (χ1n) is 11.0. The number of amides is 1. The van der Waals surface area contributed by atoms with Crippen molar-refractivity contribution in [2.24, 2.45) is 0 Å². The second-order valence-electron chi connectivity index (χ2n) is 7.85. The third-order valence-electron chi connectivity index (χ3n) is 5.84. The van der Waals surface area contributed by atoms with Crippen molar-refractivity contribution in [2.45, 2.75) is 26.4 Å². The Morgan fingerprint density at radius 2 is 1.85 bits per heavy atom. The van der Waals surface area contributed by atoms with Gasteiger partial charge in [0, 0.05) is 36.8 Å². The van der Waals surface area contributed by atoms with Crippen LogP contribution in [0.25, 0.3) is 11.4 Å². The van der Waals surface area contributed by atoms with Crippen molar-refractivity contribution in [2.75, 3.05) is 32.6 Å². The van der Waals surface area contributed by atoms with Gasteiger partial charge in [-0.1, -0.05) is 37.3 Å². The third-order valence-corrected chi connectivity index (χ3v) is 5.84. The Morgan fingerprint density at radius 3 is 2.55 bits per heavy atom. The molecule has 8 nitrogen and oxygen atoms in total. The number of carbonyl (C=O) groups excluding carboxylic acids is 1. The molecule has 0 fully saturated rings. The van der Waals surface area contributed by atoms with E-state index in [9.17, 15) is 9.59 Å². The minimum absolute atomic E-state index is 0.149. The lowest BCUT2D eigenvalue weighted by Gasteiger charge is -2.27. The molecule has 172 valence electrons. The van der Waals surface area contributed by atoms with Gasteiger partial charge < -0.3 is 14.8 Å². The van der Waals surface area contributed by atoms with Gasteiger partial charge in [-0.25, -0.2) is 4.98 Å². The minimum Gasteiger partial charge on any atom is -0.493 e. The van der Waals surface area contributed by atoms with Crippen molar-refractivity contribution in [1.29, 1.82) is 0 Å². The number of hydrogen-bond acceptors (Lipinski definition) is 6. The molecule has 1 aromatic heterocycles. The molecule has 2 heterocycles. The van der Waals surface area contributed by atoms with Crippen LogP contribution in [-0.2, 0) is 24.3 Å². The molecule has 4 rings (SSSR count). The molecule has 0 aliphatic carbocycles. The van der Waals surface area contributed by atoms with Gasteiger partial charge in [0.2, 0.25) is 5.91 Å². The van der Waals surface area contributed by atoms with Crippen LogP contribution in [0.3, 0.4) is 0 Å². The lowest BCUT2D eigenvalue weighted by molar-refractivity contribution is -0.116. The van der Waals surface area contributed by atoms with Crippen LogP contribution in [0.4, 0.5) is 5.69 Å². The number of nitrogens with zero attached hydrogens (tertiary/aromatic N) is 3. The summed E-state index contributed by atoms with van der Waals surface area (Å²) >= 11 is 0. The second-order valence-corrected chi connectivity index (χ2v) is 7.85. The Bertz CT molecular complexity index is 1210. The number of hydrogen-bond donors (Lipinski definition) is 1. The first-order valence-corrected chi connectivity index (χ1v) is 11.0. The Labute approximate surface area is 192 Å². The Balaban J connectivity index is 1.69. The first kappa shape index (κ1) is 22.5. The zero-order valence-electron chi connectivity index (χ0n) is 19.1. The normalized spacial score (nSPS) is 13.3. The van der Waals surface area contributed by atoms with Crippen LogP contribution in [0.1, 0.15) is 18.2 Å². The van der Waals surface area contributed by atoms with E-state index in [1.54, 1.807) is 25.3 Å². The van der Waals surface area contributed by atoms with Crippen LogP contribution in [-0.4, -0.2) is 47.7 Å².